The van der Waals surface area contributed by atoms with E-state index in [2.05, 4.69) is 23.7 Å². The van der Waals surface area contributed by atoms with Gasteiger partial charge in [0, 0.05) is 29.7 Å². The second-order valence-corrected chi connectivity index (χ2v) is 7.88. The van der Waals surface area contributed by atoms with Gasteiger partial charge >= 0.3 is 11.7 Å². The molecule has 0 aliphatic rings. The smallest absolute Gasteiger partial charge is 0.349 e. The average molecular weight is 456 g/mol. The number of nitro benzene ring substituents is 1. The van der Waals surface area contributed by atoms with Gasteiger partial charge in [0.05, 0.1) is 4.92 Å². The quantitative estimate of drug-likeness (QED) is 0.197. The summed E-state index contributed by atoms with van der Waals surface area (Å²) < 4.78 is 20.4. The van der Waals surface area contributed by atoms with Crippen LogP contribution in [0.3, 0.4) is 0 Å². The van der Waals surface area contributed by atoms with Crippen LogP contribution in [-0.2, 0) is 20.9 Å². The second kappa shape index (κ2) is 11.0. The first-order valence-electron chi connectivity index (χ1n) is 10.2. The summed E-state index contributed by atoms with van der Waals surface area (Å²) in [7, 11) is 0. The van der Waals surface area contributed by atoms with Crippen LogP contribution in [0.2, 0.25) is 0 Å². The first kappa shape index (κ1) is 25.3. The molecule has 0 unspecified atom stereocenters. The fourth-order valence-electron chi connectivity index (χ4n) is 3.13. The van der Waals surface area contributed by atoms with Gasteiger partial charge in [-0.2, -0.15) is 9.65 Å². The number of aromatic nitrogens is 1. The van der Waals surface area contributed by atoms with E-state index < -0.39 is 34.9 Å². The van der Waals surface area contributed by atoms with E-state index in [-0.39, 0.29) is 11.3 Å². The van der Waals surface area contributed by atoms with Gasteiger partial charge in [-0.15, -0.1) is 0 Å². The SMILES string of the molecule is Cc1cc(/C=C(\C#N)C(=O)OCC(=O)Nc2ccc(F)c([N+](=O)[O-])c2)c(C)n1CCC(C)C. The number of nitro groups is 1. The van der Waals surface area contributed by atoms with Gasteiger partial charge in [-0.3, -0.25) is 14.9 Å². The Labute approximate surface area is 190 Å². The number of carbonyl (C=O) groups excluding carboxylic acids is 2. The number of hydrogen-bond donors (Lipinski definition) is 1. The van der Waals surface area contributed by atoms with Crippen LogP contribution >= 0.6 is 0 Å². The van der Waals surface area contributed by atoms with Gasteiger partial charge < -0.3 is 14.6 Å². The molecule has 0 aliphatic heterocycles. The highest BCUT2D eigenvalue weighted by Gasteiger charge is 2.18. The Morgan fingerprint density at radius 2 is 2.03 bits per heavy atom. The zero-order valence-corrected chi connectivity index (χ0v) is 18.8. The fourth-order valence-corrected chi connectivity index (χ4v) is 3.13. The number of rotatable bonds is 9. The first-order chi connectivity index (χ1) is 15.5. The summed E-state index contributed by atoms with van der Waals surface area (Å²) in [5, 5.41) is 22.5. The van der Waals surface area contributed by atoms with Crippen molar-refractivity contribution in [2.24, 2.45) is 5.92 Å². The summed E-state index contributed by atoms with van der Waals surface area (Å²) in [6.45, 7) is 8.19. The maximum atomic E-state index is 13.4. The number of benzene rings is 1. The Hall–Kier alpha value is -4.00. The molecule has 0 saturated carbocycles. The van der Waals surface area contributed by atoms with Gasteiger partial charge in [-0.25, -0.2) is 4.79 Å². The molecule has 0 fully saturated rings. The third-order valence-electron chi connectivity index (χ3n) is 4.94. The van der Waals surface area contributed by atoms with Crippen molar-refractivity contribution >= 4 is 29.3 Å². The Morgan fingerprint density at radius 1 is 1.33 bits per heavy atom. The number of hydrogen-bond acceptors (Lipinski definition) is 6. The zero-order chi connectivity index (χ0) is 24.7. The molecule has 1 N–H and O–H groups in total. The molecular weight excluding hydrogens is 431 g/mol. The Balaban J connectivity index is 2.05. The summed E-state index contributed by atoms with van der Waals surface area (Å²) in [6, 6.07) is 6.48. The number of nitrogens with one attached hydrogen (secondary N) is 1. The number of carbonyl (C=O) groups is 2. The molecule has 0 saturated heterocycles. The molecule has 0 radical (unpaired) electrons. The van der Waals surface area contributed by atoms with Gasteiger partial charge in [0.1, 0.15) is 11.6 Å². The lowest BCUT2D eigenvalue weighted by molar-refractivity contribution is -0.387. The number of amides is 1. The molecule has 2 aromatic rings. The molecule has 1 aromatic heterocycles. The third-order valence-corrected chi connectivity index (χ3v) is 4.94. The first-order valence-corrected chi connectivity index (χ1v) is 10.2. The van der Waals surface area contributed by atoms with E-state index in [9.17, 15) is 29.4 Å². The predicted molar refractivity (Wildman–Crippen MR) is 120 cm³/mol. The predicted octanol–water partition coefficient (Wildman–Crippen LogP) is 4.29. The number of esters is 1. The number of aryl methyl sites for hydroxylation is 1. The number of nitriles is 1. The number of halogens is 1. The van der Waals surface area contributed by atoms with Crippen molar-refractivity contribution in [1.29, 1.82) is 5.26 Å². The summed E-state index contributed by atoms with van der Waals surface area (Å²) >= 11 is 0. The van der Waals surface area contributed by atoms with E-state index >= 15 is 0 Å². The molecular formula is C23H25FN4O5. The van der Waals surface area contributed by atoms with Gasteiger partial charge in [0.2, 0.25) is 5.82 Å². The van der Waals surface area contributed by atoms with Crippen LogP contribution in [0.1, 0.15) is 37.2 Å². The molecule has 0 aliphatic carbocycles. The van der Waals surface area contributed by atoms with E-state index in [4.69, 9.17) is 4.74 Å². The standard InChI is InChI=1S/C23H25FN4O5/c1-14(2)7-8-27-15(3)9-17(16(27)4)10-18(12-25)23(30)33-13-22(29)26-19-5-6-20(24)21(11-19)28(31)32/h5-6,9-11,14H,7-8,13H2,1-4H3,(H,26,29)/b18-10+. The average Bonchev–Trinajstić information content (AvgIpc) is 3.02. The monoisotopic (exact) mass is 456 g/mol. The molecule has 1 heterocycles. The Bertz CT molecular complexity index is 1140. The van der Waals surface area contributed by atoms with Crippen molar-refractivity contribution < 1.29 is 23.6 Å². The maximum absolute atomic E-state index is 13.4. The number of nitrogens with zero attached hydrogens (tertiary/aromatic N) is 3. The topological polar surface area (TPSA) is 127 Å². The van der Waals surface area contributed by atoms with E-state index in [0.29, 0.717) is 11.5 Å². The molecule has 1 aromatic carbocycles. The van der Waals surface area contributed by atoms with Crippen LogP contribution in [0.4, 0.5) is 15.8 Å². The van der Waals surface area contributed by atoms with E-state index in [1.165, 1.54) is 6.08 Å². The van der Waals surface area contributed by atoms with Gasteiger partial charge in [-0.05, 0) is 56.0 Å². The highest BCUT2D eigenvalue weighted by molar-refractivity contribution is 6.00. The summed E-state index contributed by atoms with van der Waals surface area (Å²) in [4.78, 5) is 34.2. The minimum absolute atomic E-state index is 0.0333. The van der Waals surface area contributed by atoms with Crippen molar-refractivity contribution in [2.75, 3.05) is 11.9 Å². The highest BCUT2D eigenvalue weighted by atomic mass is 19.1. The molecule has 9 nitrogen and oxygen atoms in total. The van der Waals surface area contributed by atoms with Crippen molar-refractivity contribution in [3.8, 4) is 6.07 Å². The summed E-state index contributed by atoms with van der Waals surface area (Å²) in [5.41, 5.74) is 1.50. The van der Waals surface area contributed by atoms with Crippen LogP contribution in [0.25, 0.3) is 6.08 Å². The highest BCUT2D eigenvalue weighted by Crippen LogP contribution is 2.22. The van der Waals surface area contributed by atoms with Crippen molar-refractivity contribution in [3.63, 3.8) is 0 Å². The van der Waals surface area contributed by atoms with Gasteiger partial charge in [0.15, 0.2) is 6.61 Å². The fraction of sp³-hybridized carbons (Fsp3) is 0.348. The molecule has 10 heteroatoms. The van der Waals surface area contributed by atoms with Crippen molar-refractivity contribution in [1.82, 2.24) is 4.57 Å². The molecule has 2 rings (SSSR count). The van der Waals surface area contributed by atoms with Crippen molar-refractivity contribution in [2.45, 2.75) is 40.7 Å². The van der Waals surface area contributed by atoms with Gasteiger partial charge in [-0.1, -0.05) is 13.8 Å². The lowest BCUT2D eigenvalue weighted by atomic mass is 10.1. The van der Waals surface area contributed by atoms with Crippen LogP contribution in [0.15, 0.2) is 29.8 Å². The van der Waals surface area contributed by atoms with E-state index in [0.717, 1.165) is 42.6 Å². The minimum atomic E-state index is -1.04. The van der Waals surface area contributed by atoms with Crippen LogP contribution < -0.4 is 5.32 Å². The van der Waals surface area contributed by atoms with Crippen molar-refractivity contribution in [3.05, 3.63) is 62.7 Å². The molecule has 174 valence electrons. The van der Waals surface area contributed by atoms with E-state index in [1.807, 2.05) is 19.9 Å². The molecule has 0 bridgehead atoms. The number of anilines is 1. The lowest BCUT2D eigenvalue weighted by Gasteiger charge is -2.11. The Kier molecular flexibility index (Phi) is 8.45. The second-order valence-electron chi connectivity index (χ2n) is 7.88. The van der Waals surface area contributed by atoms with Crippen LogP contribution in [0, 0.1) is 47.0 Å². The largest absolute Gasteiger partial charge is 0.451 e. The normalized spacial score (nSPS) is 11.2. The van der Waals surface area contributed by atoms with Crippen LogP contribution in [0.5, 0.6) is 0 Å². The minimum Gasteiger partial charge on any atom is -0.451 e. The van der Waals surface area contributed by atoms with E-state index in [1.54, 1.807) is 6.07 Å². The molecule has 0 atom stereocenters. The molecule has 33 heavy (non-hydrogen) atoms. The Morgan fingerprint density at radius 3 is 2.64 bits per heavy atom. The summed E-state index contributed by atoms with van der Waals surface area (Å²) in [5.74, 6) is -2.29. The molecule has 1 amide bonds. The van der Waals surface area contributed by atoms with Gasteiger partial charge in [0.25, 0.3) is 5.91 Å². The third kappa shape index (κ3) is 6.74. The van der Waals surface area contributed by atoms with Crippen LogP contribution in [-0.4, -0.2) is 28.0 Å². The number of ether oxygens (including phenoxy) is 1. The molecule has 0 spiro atoms. The zero-order valence-electron chi connectivity index (χ0n) is 18.8. The summed E-state index contributed by atoms with van der Waals surface area (Å²) in [6.07, 6.45) is 2.40. The maximum Gasteiger partial charge on any atom is 0.349 e. The lowest BCUT2D eigenvalue weighted by Crippen LogP contribution is -2.21.